The van der Waals surface area contributed by atoms with Crippen LogP contribution in [0, 0.1) is 11.6 Å². The maximum absolute atomic E-state index is 13.7. The van der Waals surface area contributed by atoms with Crippen LogP contribution in [0.3, 0.4) is 0 Å². The SMILES string of the molecule is CCc1ccc(/C=C2\Oc3cc(OCc4c(F)cccc4F)ccc3C2=O)cc1. The number of aryl methyl sites for hydroxylation is 1. The second kappa shape index (κ2) is 7.87. The minimum atomic E-state index is -0.670. The molecule has 0 radical (unpaired) electrons. The molecule has 1 aliphatic heterocycles. The number of ketones is 1. The number of hydrogen-bond donors (Lipinski definition) is 0. The van der Waals surface area contributed by atoms with E-state index in [1.54, 1.807) is 24.3 Å². The lowest BCUT2D eigenvalue weighted by Gasteiger charge is -2.09. The molecule has 146 valence electrons. The number of fused-ring (bicyclic) bond motifs is 1. The van der Waals surface area contributed by atoms with E-state index in [2.05, 4.69) is 6.92 Å². The molecule has 3 aromatic carbocycles. The van der Waals surface area contributed by atoms with Gasteiger partial charge in [-0.2, -0.15) is 0 Å². The molecular formula is C24H18F2O3. The summed E-state index contributed by atoms with van der Waals surface area (Å²) in [6, 6.07) is 16.3. The Labute approximate surface area is 167 Å². The normalized spacial score (nSPS) is 14.0. The molecule has 3 aromatic rings. The first kappa shape index (κ1) is 18.9. The molecule has 0 spiro atoms. The molecule has 0 fully saturated rings. The van der Waals surface area contributed by atoms with Crippen LogP contribution in [0.4, 0.5) is 8.78 Å². The molecule has 0 aromatic heterocycles. The number of ether oxygens (including phenoxy) is 2. The molecule has 1 aliphatic rings. The van der Waals surface area contributed by atoms with E-state index in [0.717, 1.165) is 12.0 Å². The third-order valence-electron chi connectivity index (χ3n) is 4.77. The molecular weight excluding hydrogens is 374 g/mol. The van der Waals surface area contributed by atoms with Crippen LogP contribution in [0.5, 0.6) is 11.5 Å². The van der Waals surface area contributed by atoms with Crippen LogP contribution in [-0.4, -0.2) is 5.78 Å². The van der Waals surface area contributed by atoms with Gasteiger partial charge < -0.3 is 9.47 Å². The first-order chi connectivity index (χ1) is 14.0. The van der Waals surface area contributed by atoms with Crippen molar-refractivity contribution in [1.82, 2.24) is 0 Å². The van der Waals surface area contributed by atoms with Crippen molar-refractivity contribution in [2.75, 3.05) is 0 Å². The van der Waals surface area contributed by atoms with E-state index in [1.807, 2.05) is 24.3 Å². The fourth-order valence-corrected chi connectivity index (χ4v) is 3.08. The summed E-state index contributed by atoms with van der Waals surface area (Å²) in [5.74, 6) is -0.618. The van der Waals surface area contributed by atoms with Crippen molar-refractivity contribution in [1.29, 1.82) is 0 Å². The Hall–Kier alpha value is -3.47. The molecule has 0 saturated heterocycles. The summed E-state index contributed by atoms with van der Waals surface area (Å²) < 4.78 is 38.7. The van der Waals surface area contributed by atoms with Gasteiger partial charge in [0, 0.05) is 6.07 Å². The van der Waals surface area contributed by atoms with E-state index in [1.165, 1.54) is 23.8 Å². The highest BCUT2D eigenvalue weighted by Crippen LogP contribution is 2.35. The van der Waals surface area contributed by atoms with Gasteiger partial charge in [-0.05, 0) is 47.9 Å². The summed E-state index contributed by atoms with van der Waals surface area (Å²) in [6.45, 7) is 1.81. The molecule has 29 heavy (non-hydrogen) atoms. The molecule has 0 unspecified atom stereocenters. The molecule has 4 rings (SSSR count). The molecule has 1 heterocycles. The Morgan fingerprint density at radius 1 is 1.00 bits per heavy atom. The maximum Gasteiger partial charge on any atom is 0.231 e. The number of carbonyl (C=O) groups is 1. The second-order valence-corrected chi connectivity index (χ2v) is 6.68. The smallest absolute Gasteiger partial charge is 0.231 e. The fourth-order valence-electron chi connectivity index (χ4n) is 3.08. The van der Waals surface area contributed by atoms with Crippen molar-refractivity contribution >= 4 is 11.9 Å². The highest BCUT2D eigenvalue weighted by Gasteiger charge is 2.27. The number of Topliss-reactive ketones (excluding diaryl/α,β-unsaturated/α-hetero) is 1. The second-order valence-electron chi connectivity index (χ2n) is 6.68. The molecule has 0 bridgehead atoms. The van der Waals surface area contributed by atoms with Gasteiger partial charge in [-0.3, -0.25) is 4.79 Å². The van der Waals surface area contributed by atoms with Crippen molar-refractivity contribution in [3.05, 3.63) is 100 Å². The first-order valence-electron chi connectivity index (χ1n) is 9.28. The Morgan fingerprint density at radius 3 is 2.41 bits per heavy atom. The zero-order valence-corrected chi connectivity index (χ0v) is 15.7. The van der Waals surface area contributed by atoms with Gasteiger partial charge in [0.05, 0.1) is 11.1 Å². The lowest BCUT2D eigenvalue weighted by atomic mass is 10.1. The summed E-state index contributed by atoms with van der Waals surface area (Å²) in [5.41, 5.74) is 2.35. The zero-order chi connectivity index (χ0) is 20.4. The van der Waals surface area contributed by atoms with Crippen LogP contribution >= 0.6 is 0 Å². The molecule has 0 saturated carbocycles. The zero-order valence-electron chi connectivity index (χ0n) is 15.7. The van der Waals surface area contributed by atoms with Crippen molar-refractivity contribution in [2.45, 2.75) is 20.0 Å². The van der Waals surface area contributed by atoms with Gasteiger partial charge in [-0.25, -0.2) is 8.78 Å². The number of carbonyl (C=O) groups excluding carboxylic acids is 1. The average molecular weight is 392 g/mol. The van der Waals surface area contributed by atoms with Crippen molar-refractivity contribution in [2.24, 2.45) is 0 Å². The molecule has 0 N–H and O–H groups in total. The molecule has 3 nitrogen and oxygen atoms in total. The van der Waals surface area contributed by atoms with E-state index < -0.39 is 11.6 Å². The third kappa shape index (κ3) is 3.90. The summed E-state index contributed by atoms with van der Waals surface area (Å²) in [4.78, 5) is 12.6. The van der Waals surface area contributed by atoms with Crippen LogP contribution in [0.15, 0.2) is 66.4 Å². The minimum Gasteiger partial charge on any atom is -0.489 e. The van der Waals surface area contributed by atoms with Crippen molar-refractivity contribution < 1.29 is 23.0 Å². The van der Waals surface area contributed by atoms with E-state index in [4.69, 9.17) is 9.47 Å². The number of hydrogen-bond acceptors (Lipinski definition) is 3. The minimum absolute atomic E-state index is 0.152. The molecule has 0 amide bonds. The third-order valence-corrected chi connectivity index (χ3v) is 4.77. The van der Waals surface area contributed by atoms with Gasteiger partial charge in [0.2, 0.25) is 5.78 Å². The van der Waals surface area contributed by atoms with E-state index in [-0.39, 0.29) is 23.7 Å². The van der Waals surface area contributed by atoms with Crippen molar-refractivity contribution in [3.63, 3.8) is 0 Å². The number of benzene rings is 3. The van der Waals surface area contributed by atoms with Crippen LogP contribution in [0.2, 0.25) is 0 Å². The van der Waals surface area contributed by atoms with E-state index >= 15 is 0 Å². The standard InChI is InChI=1S/C24H18F2O3/c1-2-15-6-8-16(9-7-15)12-23-24(27)18-11-10-17(13-22(18)29-23)28-14-19-20(25)4-3-5-21(19)26/h3-13H,2,14H2,1H3/b23-12-. The van der Waals surface area contributed by atoms with Gasteiger partial charge in [0.1, 0.15) is 29.7 Å². The highest BCUT2D eigenvalue weighted by molar-refractivity contribution is 6.14. The van der Waals surface area contributed by atoms with Crippen LogP contribution in [0.1, 0.15) is 34.0 Å². The Kier molecular flexibility index (Phi) is 5.12. The van der Waals surface area contributed by atoms with E-state index in [9.17, 15) is 13.6 Å². The Balaban J connectivity index is 1.51. The largest absolute Gasteiger partial charge is 0.489 e. The maximum atomic E-state index is 13.7. The van der Waals surface area contributed by atoms with E-state index in [0.29, 0.717) is 17.1 Å². The van der Waals surface area contributed by atoms with Crippen molar-refractivity contribution in [3.8, 4) is 11.5 Å². The number of allylic oxidation sites excluding steroid dienone is 1. The summed E-state index contributed by atoms with van der Waals surface area (Å²) in [7, 11) is 0. The first-order valence-corrected chi connectivity index (χ1v) is 9.28. The predicted octanol–water partition coefficient (Wildman–Crippen LogP) is 5.72. The number of rotatable bonds is 5. The Bertz CT molecular complexity index is 1080. The Morgan fingerprint density at radius 2 is 1.72 bits per heavy atom. The van der Waals surface area contributed by atoms with Crippen LogP contribution in [-0.2, 0) is 13.0 Å². The topological polar surface area (TPSA) is 35.5 Å². The lowest BCUT2D eigenvalue weighted by molar-refractivity contribution is 0.101. The molecule has 5 heteroatoms. The molecule has 0 aliphatic carbocycles. The summed E-state index contributed by atoms with van der Waals surface area (Å²) >= 11 is 0. The van der Waals surface area contributed by atoms with Gasteiger partial charge >= 0.3 is 0 Å². The lowest BCUT2D eigenvalue weighted by Crippen LogP contribution is -2.01. The fraction of sp³-hybridized carbons (Fsp3) is 0.125. The summed E-state index contributed by atoms with van der Waals surface area (Å²) in [6.07, 6.45) is 2.63. The average Bonchev–Trinajstić information content (AvgIpc) is 3.03. The molecule has 0 atom stereocenters. The van der Waals surface area contributed by atoms with Gasteiger partial charge in [-0.1, -0.05) is 37.3 Å². The highest BCUT2D eigenvalue weighted by atomic mass is 19.1. The van der Waals surface area contributed by atoms with Crippen LogP contribution < -0.4 is 9.47 Å². The summed E-state index contributed by atoms with van der Waals surface area (Å²) in [5, 5.41) is 0. The monoisotopic (exact) mass is 392 g/mol. The predicted molar refractivity (Wildman–Crippen MR) is 106 cm³/mol. The quantitative estimate of drug-likeness (QED) is 0.521. The van der Waals surface area contributed by atoms with Gasteiger partial charge in [-0.15, -0.1) is 0 Å². The van der Waals surface area contributed by atoms with Gasteiger partial charge in [0.15, 0.2) is 5.76 Å². The van der Waals surface area contributed by atoms with Gasteiger partial charge in [0.25, 0.3) is 0 Å². The number of halogens is 2. The van der Waals surface area contributed by atoms with Crippen LogP contribution in [0.25, 0.3) is 6.08 Å².